The highest BCUT2D eigenvalue weighted by Gasteiger charge is 2.30. The lowest BCUT2D eigenvalue weighted by Gasteiger charge is -2.33. The van der Waals surface area contributed by atoms with Gasteiger partial charge < -0.3 is 14.3 Å². The normalized spacial score (nSPS) is 15.4. The molecule has 1 saturated heterocycles. The molecule has 0 atom stereocenters. The number of piperidine rings is 1. The van der Waals surface area contributed by atoms with E-state index in [9.17, 15) is 9.59 Å². The molecule has 1 fully saturated rings. The molecular formula is C18H23N3O3S. The first-order valence-electron chi connectivity index (χ1n) is 8.72. The van der Waals surface area contributed by atoms with Gasteiger partial charge in [0.15, 0.2) is 11.5 Å². The number of likely N-dealkylation sites (tertiary alicyclic amines) is 1. The fourth-order valence-corrected chi connectivity index (χ4v) is 3.87. The summed E-state index contributed by atoms with van der Waals surface area (Å²) in [4.78, 5) is 29.6. The van der Waals surface area contributed by atoms with E-state index in [1.165, 1.54) is 0 Å². The molecule has 0 N–H and O–H groups in total. The van der Waals surface area contributed by atoms with E-state index in [2.05, 4.69) is 5.16 Å². The second kappa shape index (κ2) is 7.82. The van der Waals surface area contributed by atoms with Gasteiger partial charge in [0.1, 0.15) is 0 Å². The lowest BCUT2D eigenvalue weighted by molar-refractivity contribution is -0.136. The summed E-state index contributed by atoms with van der Waals surface area (Å²) in [6, 6.07) is 5.56. The Labute approximate surface area is 151 Å². The quantitative estimate of drug-likeness (QED) is 0.821. The van der Waals surface area contributed by atoms with E-state index >= 15 is 0 Å². The van der Waals surface area contributed by atoms with Crippen molar-refractivity contribution in [2.24, 2.45) is 5.92 Å². The van der Waals surface area contributed by atoms with Gasteiger partial charge >= 0.3 is 0 Å². The van der Waals surface area contributed by atoms with Gasteiger partial charge in [0.05, 0.1) is 4.88 Å². The van der Waals surface area contributed by atoms with Crippen molar-refractivity contribution in [3.8, 4) is 10.6 Å². The molecule has 2 amide bonds. The summed E-state index contributed by atoms with van der Waals surface area (Å²) < 4.78 is 5.29. The van der Waals surface area contributed by atoms with Crippen molar-refractivity contribution in [3.05, 3.63) is 29.3 Å². The zero-order valence-electron chi connectivity index (χ0n) is 14.6. The topological polar surface area (TPSA) is 66.7 Å². The minimum absolute atomic E-state index is 0.0166. The van der Waals surface area contributed by atoms with Crippen LogP contribution in [0.3, 0.4) is 0 Å². The molecule has 0 saturated carbocycles. The van der Waals surface area contributed by atoms with Gasteiger partial charge in [-0.25, -0.2) is 0 Å². The number of nitrogens with zero attached hydrogens (tertiary/aromatic N) is 3. The highest BCUT2D eigenvalue weighted by molar-refractivity contribution is 7.13. The van der Waals surface area contributed by atoms with Crippen molar-refractivity contribution in [2.75, 3.05) is 26.2 Å². The van der Waals surface area contributed by atoms with Crippen molar-refractivity contribution < 1.29 is 14.1 Å². The molecule has 2 aromatic rings. The number of carbonyl (C=O) groups excluding carboxylic acids is 2. The van der Waals surface area contributed by atoms with Crippen LogP contribution in [0.4, 0.5) is 0 Å². The SMILES string of the molecule is CCN(CC)C(=O)C1CCN(C(=O)c2cc(-c3cccs3)on2)CC1. The maximum absolute atomic E-state index is 12.6. The maximum Gasteiger partial charge on any atom is 0.276 e. The Morgan fingerprint density at radius 2 is 2.04 bits per heavy atom. The van der Waals surface area contributed by atoms with Crippen molar-refractivity contribution >= 4 is 23.2 Å². The number of amides is 2. The van der Waals surface area contributed by atoms with Crippen LogP contribution in [0.5, 0.6) is 0 Å². The molecule has 6 nitrogen and oxygen atoms in total. The van der Waals surface area contributed by atoms with Crippen molar-refractivity contribution in [1.82, 2.24) is 15.0 Å². The molecule has 7 heteroatoms. The van der Waals surface area contributed by atoms with Crippen LogP contribution in [0, 0.1) is 5.92 Å². The Balaban J connectivity index is 1.59. The van der Waals surface area contributed by atoms with Gasteiger partial charge in [-0.3, -0.25) is 9.59 Å². The third-order valence-electron chi connectivity index (χ3n) is 4.70. The molecule has 2 aromatic heterocycles. The molecule has 0 unspecified atom stereocenters. The van der Waals surface area contributed by atoms with E-state index in [0.29, 0.717) is 37.4 Å². The van der Waals surface area contributed by atoms with Gasteiger partial charge in [0.2, 0.25) is 5.91 Å². The molecule has 1 aliphatic rings. The zero-order valence-corrected chi connectivity index (χ0v) is 15.4. The average Bonchev–Trinajstić information content (AvgIpc) is 3.33. The van der Waals surface area contributed by atoms with Gasteiger partial charge in [0.25, 0.3) is 5.91 Å². The largest absolute Gasteiger partial charge is 0.355 e. The average molecular weight is 361 g/mol. The molecule has 0 radical (unpaired) electrons. The van der Waals surface area contributed by atoms with E-state index in [1.807, 2.05) is 36.3 Å². The fraction of sp³-hybridized carbons (Fsp3) is 0.500. The third-order valence-corrected chi connectivity index (χ3v) is 5.58. The third kappa shape index (κ3) is 3.76. The lowest BCUT2D eigenvalue weighted by Crippen LogP contribution is -2.44. The number of carbonyl (C=O) groups is 2. The minimum atomic E-state index is -0.125. The van der Waals surface area contributed by atoms with E-state index in [-0.39, 0.29) is 17.7 Å². The highest BCUT2D eigenvalue weighted by atomic mass is 32.1. The number of rotatable bonds is 5. The van der Waals surface area contributed by atoms with Crippen LogP contribution in [-0.4, -0.2) is 52.9 Å². The van der Waals surface area contributed by atoms with Crippen LogP contribution in [0.15, 0.2) is 28.1 Å². The predicted octanol–water partition coefficient (Wildman–Crippen LogP) is 3.12. The number of thiophene rings is 1. The Morgan fingerprint density at radius 3 is 2.64 bits per heavy atom. The molecular weight excluding hydrogens is 338 g/mol. The zero-order chi connectivity index (χ0) is 17.8. The predicted molar refractivity (Wildman–Crippen MR) is 96.4 cm³/mol. The van der Waals surface area contributed by atoms with E-state index in [1.54, 1.807) is 22.3 Å². The number of aromatic nitrogens is 1. The van der Waals surface area contributed by atoms with Gasteiger partial charge in [0, 0.05) is 38.2 Å². The van der Waals surface area contributed by atoms with Crippen LogP contribution in [-0.2, 0) is 4.79 Å². The summed E-state index contributed by atoms with van der Waals surface area (Å²) >= 11 is 1.55. The van der Waals surface area contributed by atoms with Gasteiger partial charge in [-0.1, -0.05) is 11.2 Å². The Morgan fingerprint density at radius 1 is 1.32 bits per heavy atom. The van der Waals surface area contributed by atoms with Crippen molar-refractivity contribution in [3.63, 3.8) is 0 Å². The molecule has 1 aliphatic heterocycles. The van der Waals surface area contributed by atoms with E-state index in [4.69, 9.17) is 4.52 Å². The van der Waals surface area contributed by atoms with Gasteiger partial charge in [-0.15, -0.1) is 11.3 Å². The molecule has 3 rings (SSSR count). The van der Waals surface area contributed by atoms with Crippen LogP contribution >= 0.6 is 11.3 Å². The summed E-state index contributed by atoms with van der Waals surface area (Å²) in [5.41, 5.74) is 0.330. The number of hydrogen-bond donors (Lipinski definition) is 0. The van der Waals surface area contributed by atoms with Crippen molar-refractivity contribution in [1.29, 1.82) is 0 Å². The first kappa shape index (κ1) is 17.7. The maximum atomic E-state index is 12.6. The smallest absolute Gasteiger partial charge is 0.276 e. The minimum Gasteiger partial charge on any atom is -0.355 e. The number of hydrogen-bond acceptors (Lipinski definition) is 5. The summed E-state index contributed by atoms with van der Waals surface area (Å²) in [5.74, 6) is 0.715. The summed E-state index contributed by atoms with van der Waals surface area (Å²) in [6.45, 7) is 6.62. The lowest BCUT2D eigenvalue weighted by atomic mass is 9.95. The molecule has 0 aliphatic carbocycles. The summed E-state index contributed by atoms with van der Waals surface area (Å²) in [6.07, 6.45) is 1.41. The molecule has 0 spiro atoms. The van der Waals surface area contributed by atoms with Crippen LogP contribution in [0.25, 0.3) is 10.6 Å². The molecule has 0 bridgehead atoms. The Bertz CT molecular complexity index is 714. The standard InChI is InChI=1S/C18H23N3O3S/c1-3-20(4-2)17(22)13-7-9-21(10-8-13)18(23)14-12-15(24-19-14)16-6-5-11-25-16/h5-6,11-13H,3-4,7-10H2,1-2H3. The Hall–Kier alpha value is -2.15. The van der Waals surface area contributed by atoms with Crippen LogP contribution in [0.2, 0.25) is 0 Å². The second-order valence-corrected chi connectivity index (χ2v) is 7.08. The molecule has 3 heterocycles. The van der Waals surface area contributed by atoms with E-state index in [0.717, 1.165) is 18.0 Å². The molecule has 134 valence electrons. The van der Waals surface area contributed by atoms with E-state index < -0.39 is 0 Å². The van der Waals surface area contributed by atoms with Crippen LogP contribution < -0.4 is 0 Å². The first-order chi connectivity index (χ1) is 12.1. The fourth-order valence-electron chi connectivity index (χ4n) is 3.20. The molecule has 0 aromatic carbocycles. The summed E-state index contributed by atoms with van der Waals surface area (Å²) in [5, 5.41) is 5.88. The Kier molecular flexibility index (Phi) is 5.53. The second-order valence-electron chi connectivity index (χ2n) is 6.13. The monoisotopic (exact) mass is 361 g/mol. The molecule has 25 heavy (non-hydrogen) atoms. The highest BCUT2D eigenvalue weighted by Crippen LogP contribution is 2.26. The first-order valence-corrected chi connectivity index (χ1v) is 9.60. The van der Waals surface area contributed by atoms with Gasteiger partial charge in [-0.2, -0.15) is 0 Å². The van der Waals surface area contributed by atoms with Crippen molar-refractivity contribution in [2.45, 2.75) is 26.7 Å². The van der Waals surface area contributed by atoms with Crippen LogP contribution in [0.1, 0.15) is 37.2 Å². The van der Waals surface area contributed by atoms with Gasteiger partial charge in [-0.05, 0) is 38.1 Å². The summed E-state index contributed by atoms with van der Waals surface area (Å²) in [7, 11) is 0.